The molecule has 0 unspecified atom stereocenters. The Morgan fingerprint density at radius 1 is 1.06 bits per heavy atom. The average molecular weight is 268 g/mol. The Bertz CT molecular complexity index is 249. The number of carbonyl (C=O) groups is 1. The summed E-state index contributed by atoms with van der Waals surface area (Å²) in [5, 5.41) is 0. The van der Waals surface area contributed by atoms with Crippen LogP contribution >= 0.6 is 7.82 Å². The number of carbonyl (C=O) groups excluding carboxylic acids is 1. The van der Waals surface area contributed by atoms with Gasteiger partial charge < -0.3 is 14.5 Å². The van der Waals surface area contributed by atoms with Crippen molar-refractivity contribution in [3.05, 3.63) is 0 Å². The van der Waals surface area contributed by atoms with Gasteiger partial charge in [0.15, 0.2) is 0 Å². The summed E-state index contributed by atoms with van der Waals surface area (Å²) in [6.07, 6.45) is 4.58. The lowest BCUT2D eigenvalue weighted by molar-refractivity contribution is -0.143. The molecular formula is C10H21O6P. The Kier molecular flexibility index (Phi) is 9.36. The Morgan fingerprint density at radius 2 is 1.59 bits per heavy atom. The van der Waals surface area contributed by atoms with Gasteiger partial charge in [-0.15, -0.1) is 0 Å². The van der Waals surface area contributed by atoms with Gasteiger partial charge in [0, 0.05) is 6.42 Å². The summed E-state index contributed by atoms with van der Waals surface area (Å²) in [4.78, 5) is 27.6. The Morgan fingerprint density at radius 3 is 2.12 bits per heavy atom. The highest BCUT2D eigenvalue weighted by atomic mass is 31.2. The summed E-state index contributed by atoms with van der Waals surface area (Å²) >= 11 is 0. The van der Waals surface area contributed by atoms with Gasteiger partial charge in [-0.25, -0.2) is 4.57 Å². The molecule has 6 nitrogen and oxygen atoms in total. The van der Waals surface area contributed by atoms with Gasteiger partial charge in [0.05, 0.1) is 13.2 Å². The minimum atomic E-state index is -4.30. The monoisotopic (exact) mass is 268 g/mol. The summed E-state index contributed by atoms with van der Waals surface area (Å²) in [6.45, 7) is 2.28. The fourth-order valence-electron chi connectivity index (χ4n) is 1.21. The summed E-state index contributed by atoms with van der Waals surface area (Å²) in [6, 6.07) is 0. The van der Waals surface area contributed by atoms with Crippen LogP contribution in [0.4, 0.5) is 0 Å². The number of esters is 1. The quantitative estimate of drug-likeness (QED) is 0.357. The molecule has 7 heteroatoms. The SMILES string of the molecule is CCC(=O)OCCCCCCCOP(=O)(O)O. The maximum absolute atomic E-state index is 10.8. The predicted molar refractivity (Wildman–Crippen MR) is 62.3 cm³/mol. The highest BCUT2D eigenvalue weighted by Crippen LogP contribution is 2.35. The van der Waals surface area contributed by atoms with Crippen LogP contribution in [-0.4, -0.2) is 29.0 Å². The van der Waals surface area contributed by atoms with Crippen molar-refractivity contribution >= 4 is 13.8 Å². The second-order valence-corrected chi connectivity index (χ2v) is 4.90. The largest absolute Gasteiger partial charge is 0.469 e. The minimum absolute atomic E-state index is 0.0785. The van der Waals surface area contributed by atoms with E-state index in [9.17, 15) is 9.36 Å². The third kappa shape index (κ3) is 13.5. The van der Waals surface area contributed by atoms with Crippen molar-refractivity contribution in [2.75, 3.05) is 13.2 Å². The molecule has 0 fully saturated rings. The zero-order valence-corrected chi connectivity index (χ0v) is 11.0. The predicted octanol–water partition coefficient (Wildman–Crippen LogP) is 2.00. The van der Waals surface area contributed by atoms with Crippen LogP contribution in [0, 0.1) is 0 Å². The molecule has 102 valence electrons. The van der Waals surface area contributed by atoms with Gasteiger partial charge >= 0.3 is 13.8 Å². The lowest BCUT2D eigenvalue weighted by Crippen LogP contribution is -2.03. The number of ether oxygens (including phenoxy) is 1. The van der Waals surface area contributed by atoms with E-state index in [0.717, 1.165) is 25.7 Å². The van der Waals surface area contributed by atoms with Gasteiger partial charge in [-0.2, -0.15) is 0 Å². The highest BCUT2D eigenvalue weighted by Gasteiger charge is 2.12. The van der Waals surface area contributed by atoms with E-state index in [4.69, 9.17) is 14.5 Å². The van der Waals surface area contributed by atoms with E-state index in [1.54, 1.807) is 6.92 Å². The van der Waals surface area contributed by atoms with E-state index in [2.05, 4.69) is 4.52 Å². The van der Waals surface area contributed by atoms with Crippen molar-refractivity contribution in [1.82, 2.24) is 0 Å². The number of hydrogen-bond acceptors (Lipinski definition) is 4. The van der Waals surface area contributed by atoms with Gasteiger partial charge in [0.25, 0.3) is 0 Å². The molecular weight excluding hydrogens is 247 g/mol. The first-order chi connectivity index (χ1) is 7.95. The zero-order valence-electron chi connectivity index (χ0n) is 10.1. The first kappa shape index (κ1) is 16.6. The van der Waals surface area contributed by atoms with Crippen LogP contribution in [0.15, 0.2) is 0 Å². The molecule has 0 aliphatic rings. The van der Waals surface area contributed by atoms with Crippen molar-refractivity contribution in [3.8, 4) is 0 Å². The van der Waals surface area contributed by atoms with Crippen LogP contribution in [-0.2, 0) is 18.6 Å². The maximum atomic E-state index is 10.8. The molecule has 2 N–H and O–H groups in total. The zero-order chi connectivity index (χ0) is 13.1. The molecule has 0 saturated heterocycles. The first-order valence-corrected chi connectivity index (χ1v) is 7.34. The van der Waals surface area contributed by atoms with Crippen LogP contribution < -0.4 is 0 Å². The molecule has 0 heterocycles. The Labute approximate surface area is 102 Å². The second kappa shape index (κ2) is 9.59. The summed E-state index contributed by atoms with van der Waals surface area (Å²) in [7, 11) is -4.30. The topological polar surface area (TPSA) is 93.1 Å². The fraction of sp³-hybridized carbons (Fsp3) is 0.900. The fourth-order valence-corrected chi connectivity index (χ4v) is 1.57. The van der Waals surface area contributed by atoms with E-state index in [1.165, 1.54) is 0 Å². The van der Waals surface area contributed by atoms with Crippen LogP contribution in [0.1, 0.15) is 45.4 Å². The number of rotatable bonds is 10. The second-order valence-electron chi connectivity index (χ2n) is 3.67. The van der Waals surface area contributed by atoms with Crippen LogP contribution in [0.2, 0.25) is 0 Å². The summed E-state index contributed by atoms with van der Waals surface area (Å²) in [5.74, 6) is -0.181. The maximum Gasteiger partial charge on any atom is 0.469 e. The van der Waals surface area contributed by atoms with E-state index in [0.29, 0.717) is 19.4 Å². The third-order valence-corrected chi connectivity index (χ3v) is 2.62. The van der Waals surface area contributed by atoms with Crippen LogP contribution in [0.25, 0.3) is 0 Å². The van der Waals surface area contributed by atoms with Crippen LogP contribution in [0.5, 0.6) is 0 Å². The number of phosphoric acid groups is 1. The van der Waals surface area contributed by atoms with Crippen molar-refractivity contribution in [3.63, 3.8) is 0 Å². The molecule has 17 heavy (non-hydrogen) atoms. The van der Waals surface area contributed by atoms with Crippen molar-refractivity contribution < 1.29 is 28.4 Å². The molecule has 0 bridgehead atoms. The lowest BCUT2D eigenvalue weighted by Gasteiger charge is -2.05. The number of phosphoric ester groups is 1. The molecule has 0 aliphatic carbocycles. The molecule has 0 aromatic heterocycles. The smallest absolute Gasteiger partial charge is 0.466 e. The first-order valence-electron chi connectivity index (χ1n) is 5.81. The normalized spacial score (nSPS) is 11.5. The van der Waals surface area contributed by atoms with Crippen LogP contribution in [0.3, 0.4) is 0 Å². The standard InChI is InChI=1S/C10H21O6P/c1-2-10(11)15-8-6-4-3-5-7-9-16-17(12,13)14/h2-9H2,1H3,(H2,12,13,14). The van der Waals surface area contributed by atoms with Gasteiger partial charge in [-0.3, -0.25) is 9.32 Å². The number of hydrogen-bond donors (Lipinski definition) is 2. The van der Waals surface area contributed by atoms with Gasteiger partial charge in [0.1, 0.15) is 0 Å². The summed E-state index contributed by atoms with van der Waals surface area (Å²) in [5.41, 5.74) is 0. The third-order valence-electron chi connectivity index (χ3n) is 2.10. The summed E-state index contributed by atoms with van der Waals surface area (Å²) < 4.78 is 19.5. The van der Waals surface area contributed by atoms with E-state index in [1.807, 2.05) is 0 Å². The molecule has 0 rings (SSSR count). The Hall–Kier alpha value is -0.420. The molecule has 0 aliphatic heterocycles. The lowest BCUT2D eigenvalue weighted by atomic mass is 10.1. The van der Waals surface area contributed by atoms with Crippen molar-refractivity contribution in [2.24, 2.45) is 0 Å². The average Bonchev–Trinajstić information content (AvgIpc) is 2.25. The molecule has 0 atom stereocenters. The minimum Gasteiger partial charge on any atom is -0.466 e. The van der Waals surface area contributed by atoms with Gasteiger partial charge in [-0.1, -0.05) is 26.2 Å². The van der Waals surface area contributed by atoms with E-state index < -0.39 is 7.82 Å². The molecule has 0 spiro atoms. The number of unbranched alkanes of at least 4 members (excludes halogenated alkanes) is 4. The molecule has 0 aromatic carbocycles. The molecule has 0 radical (unpaired) electrons. The van der Waals surface area contributed by atoms with E-state index in [-0.39, 0.29) is 12.6 Å². The molecule has 0 aromatic rings. The van der Waals surface area contributed by atoms with Crippen molar-refractivity contribution in [1.29, 1.82) is 0 Å². The van der Waals surface area contributed by atoms with E-state index >= 15 is 0 Å². The van der Waals surface area contributed by atoms with Gasteiger partial charge in [-0.05, 0) is 12.8 Å². The highest BCUT2D eigenvalue weighted by molar-refractivity contribution is 7.46. The van der Waals surface area contributed by atoms with Crippen molar-refractivity contribution in [2.45, 2.75) is 45.4 Å². The van der Waals surface area contributed by atoms with Gasteiger partial charge in [0.2, 0.25) is 0 Å². The molecule has 0 saturated carbocycles. The molecule has 0 amide bonds. The Balaban J connectivity index is 3.14.